The molecule has 35 heavy (non-hydrogen) atoms. The number of carbonyl (C=O) groups excluding carboxylic acids is 3. The van der Waals surface area contributed by atoms with Crippen LogP contribution in [0.3, 0.4) is 0 Å². The zero-order chi connectivity index (χ0) is 24.6. The number of hydrogen-bond acceptors (Lipinski definition) is 6. The van der Waals surface area contributed by atoms with E-state index in [0.717, 1.165) is 18.5 Å². The molecule has 2 aliphatic rings. The number of imide groups is 1. The number of amides is 4. The zero-order valence-corrected chi connectivity index (χ0v) is 19.7. The Balaban J connectivity index is 1.22. The van der Waals surface area contributed by atoms with Crippen LogP contribution in [0.5, 0.6) is 0 Å². The molecule has 0 radical (unpaired) electrons. The summed E-state index contributed by atoms with van der Waals surface area (Å²) >= 11 is 0. The first kappa shape index (κ1) is 22.7. The number of aryl methyl sites for hydroxylation is 1. The van der Waals surface area contributed by atoms with Gasteiger partial charge in [-0.25, -0.2) is 4.79 Å². The molecule has 4 amide bonds. The van der Waals surface area contributed by atoms with Gasteiger partial charge in [0, 0.05) is 24.6 Å². The number of nitrogens with zero attached hydrogens (tertiary/aromatic N) is 5. The van der Waals surface area contributed by atoms with Gasteiger partial charge in [0.25, 0.3) is 11.8 Å². The van der Waals surface area contributed by atoms with E-state index in [1.165, 1.54) is 5.56 Å². The molecule has 1 atom stereocenters. The molecule has 10 heteroatoms. The minimum Gasteiger partial charge on any atom is -0.339 e. The molecule has 0 bridgehead atoms. The third-order valence-electron chi connectivity index (χ3n) is 6.94. The van der Waals surface area contributed by atoms with Crippen molar-refractivity contribution >= 4 is 17.8 Å². The van der Waals surface area contributed by atoms with Crippen LogP contribution in [0.4, 0.5) is 4.79 Å². The molecule has 3 aromatic rings. The molecule has 1 aromatic heterocycles. The van der Waals surface area contributed by atoms with Gasteiger partial charge in [0.15, 0.2) is 5.82 Å². The molecular formula is C25H27N7O3. The molecule has 5 rings (SSSR count). The number of benzene rings is 2. The zero-order valence-electron chi connectivity index (χ0n) is 19.7. The van der Waals surface area contributed by atoms with Crippen LogP contribution >= 0.6 is 0 Å². The maximum Gasteiger partial charge on any atom is 0.322 e. The van der Waals surface area contributed by atoms with E-state index in [2.05, 4.69) is 26.0 Å². The first-order chi connectivity index (χ1) is 16.9. The second kappa shape index (κ2) is 8.94. The number of likely N-dealkylation sites (tertiary alicyclic amines) is 1. The fourth-order valence-corrected chi connectivity index (χ4v) is 4.74. The molecule has 2 aliphatic heterocycles. The quantitative estimate of drug-likeness (QED) is 0.549. The van der Waals surface area contributed by atoms with Crippen molar-refractivity contribution in [2.24, 2.45) is 0 Å². The molecule has 2 fully saturated rings. The molecule has 180 valence electrons. The van der Waals surface area contributed by atoms with Crippen LogP contribution in [0.1, 0.15) is 59.4 Å². The summed E-state index contributed by atoms with van der Waals surface area (Å²) in [5.41, 5.74) is 2.14. The second-order valence-electron chi connectivity index (χ2n) is 9.08. The molecule has 0 saturated carbocycles. The van der Waals surface area contributed by atoms with Gasteiger partial charge in [-0.15, -0.1) is 15.0 Å². The standard InChI is InChI=1S/C25H27N7O3/c1-3-25(23(34)26-24(35)27-25)19-8-6-18(7-9-19)22(33)31-14-12-17(13-15-31)21-28-30-32(29-21)20-10-4-16(2)5-11-20/h4-11,17H,3,12-15H2,1-2H3,(H2,26,27,34,35)/t25-/m1/s1. The number of nitrogens with one attached hydrogen (secondary N) is 2. The van der Waals surface area contributed by atoms with Crippen molar-refractivity contribution in [3.05, 3.63) is 71.0 Å². The van der Waals surface area contributed by atoms with Gasteiger partial charge in [0.05, 0.1) is 5.69 Å². The van der Waals surface area contributed by atoms with Crippen LogP contribution in [0, 0.1) is 6.92 Å². The highest BCUT2D eigenvalue weighted by Crippen LogP contribution is 2.30. The van der Waals surface area contributed by atoms with Crippen molar-refractivity contribution in [1.29, 1.82) is 0 Å². The average Bonchev–Trinajstić information content (AvgIpc) is 3.49. The molecule has 2 saturated heterocycles. The maximum atomic E-state index is 13.1. The Labute approximate surface area is 202 Å². The summed E-state index contributed by atoms with van der Waals surface area (Å²) in [6, 6.07) is 14.3. The second-order valence-corrected chi connectivity index (χ2v) is 9.08. The third kappa shape index (κ3) is 4.16. The maximum absolute atomic E-state index is 13.1. The lowest BCUT2D eigenvalue weighted by atomic mass is 9.87. The smallest absolute Gasteiger partial charge is 0.322 e. The lowest BCUT2D eigenvalue weighted by Gasteiger charge is -2.31. The molecule has 10 nitrogen and oxygen atoms in total. The highest BCUT2D eigenvalue weighted by molar-refractivity contribution is 6.07. The SMILES string of the molecule is CC[C@]1(c2ccc(C(=O)N3CCC(c4nnn(-c5ccc(C)cc5)n4)CC3)cc2)NC(=O)NC1=O. The average molecular weight is 474 g/mol. The molecule has 2 aromatic carbocycles. The van der Waals surface area contributed by atoms with E-state index in [1.54, 1.807) is 29.1 Å². The fourth-order valence-electron chi connectivity index (χ4n) is 4.74. The summed E-state index contributed by atoms with van der Waals surface area (Å²) in [4.78, 5) is 40.5. The normalized spacial score (nSPS) is 20.6. The van der Waals surface area contributed by atoms with E-state index < -0.39 is 11.6 Å². The Morgan fingerprint density at radius 2 is 1.74 bits per heavy atom. The number of aromatic nitrogens is 4. The van der Waals surface area contributed by atoms with Crippen LogP contribution in [-0.4, -0.2) is 56.0 Å². The van der Waals surface area contributed by atoms with Gasteiger partial charge in [-0.05, 0) is 61.2 Å². The summed E-state index contributed by atoms with van der Waals surface area (Å²) in [6.07, 6.45) is 1.93. The molecular weight excluding hydrogens is 446 g/mol. The van der Waals surface area contributed by atoms with E-state index >= 15 is 0 Å². The number of urea groups is 1. The van der Waals surface area contributed by atoms with Crippen molar-refractivity contribution in [2.45, 2.75) is 44.6 Å². The Morgan fingerprint density at radius 1 is 1.06 bits per heavy atom. The van der Waals surface area contributed by atoms with Gasteiger partial charge < -0.3 is 10.2 Å². The van der Waals surface area contributed by atoms with Gasteiger partial charge in [0.2, 0.25) is 0 Å². The largest absolute Gasteiger partial charge is 0.339 e. The number of hydrogen-bond donors (Lipinski definition) is 2. The summed E-state index contributed by atoms with van der Waals surface area (Å²) < 4.78 is 0. The Kier molecular flexibility index (Phi) is 5.80. The van der Waals surface area contributed by atoms with Crippen molar-refractivity contribution in [1.82, 2.24) is 35.7 Å². The van der Waals surface area contributed by atoms with Crippen molar-refractivity contribution < 1.29 is 14.4 Å². The fraction of sp³-hybridized carbons (Fsp3) is 0.360. The third-order valence-corrected chi connectivity index (χ3v) is 6.94. The van der Waals surface area contributed by atoms with Gasteiger partial charge in [0.1, 0.15) is 5.54 Å². The van der Waals surface area contributed by atoms with E-state index in [-0.39, 0.29) is 17.7 Å². The molecule has 0 unspecified atom stereocenters. The van der Waals surface area contributed by atoms with Gasteiger partial charge in [-0.2, -0.15) is 0 Å². The molecule has 0 spiro atoms. The Hall–Kier alpha value is -4.08. The highest BCUT2D eigenvalue weighted by Gasteiger charge is 2.46. The number of carbonyl (C=O) groups is 3. The summed E-state index contributed by atoms with van der Waals surface area (Å²) in [6.45, 7) is 5.06. The Bertz CT molecular complexity index is 1260. The van der Waals surface area contributed by atoms with E-state index in [0.29, 0.717) is 36.5 Å². The van der Waals surface area contributed by atoms with Crippen molar-refractivity contribution in [3.8, 4) is 5.69 Å². The molecule has 0 aliphatic carbocycles. The topological polar surface area (TPSA) is 122 Å². The van der Waals surface area contributed by atoms with Crippen molar-refractivity contribution in [3.63, 3.8) is 0 Å². The van der Waals surface area contributed by atoms with E-state index in [4.69, 9.17) is 0 Å². The van der Waals surface area contributed by atoms with Crippen LogP contribution < -0.4 is 10.6 Å². The van der Waals surface area contributed by atoms with Gasteiger partial charge in [-0.3, -0.25) is 14.9 Å². The lowest BCUT2D eigenvalue weighted by molar-refractivity contribution is -0.124. The van der Waals surface area contributed by atoms with Crippen LogP contribution in [0.15, 0.2) is 48.5 Å². The molecule has 3 heterocycles. The van der Waals surface area contributed by atoms with Crippen LogP contribution in [0.25, 0.3) is 5.69 Å². The minimum absolute atomic E-state index is 0.0586. The predicted molar refractivity (Wildman–Crippen MR) is 127 cm³/mol. The van der Waals surface area contributed by atoms with Crippen molar-refractivity contribution in [2.75, 3.05) is 13.1 Å². The lowest BCUT2D eigenvalue weighted by Crippen LogP contribution is -2.43. The summed E-state index contributed by atoms with van der Waals surface area (Å²) in [7, 11) is 0. The van der Waals surface area contributed by atoms with Crippen LogP contribution in [-0.2, 0) is 10.3 Å². The van der Waals surface area contributed by atoms with E-state index in [1.807, 2.05) is 43.0 Å². The van der Waals surface area contributed by atoms with E-state index in [9.17, 15) is 14.4 Å². The van der Waals surface area contributed by atoms with Crippen LogP contribution in [0.2, 0.25) is 0 Å². The predicted octanol–water partition coefficient (Wildman–Crippen LogP) is 2.44. The minimum atomic E-state index is -1.10. The monoisotopic (exact) mass is 473 g/mol. The Morgan fingerprint density at radius 3 is 2.34 bits per heavy atom. The van der Waals surface area contributed by atoms with Gasteiger partial charge in [-0.1, -0.05) is 36.8 Å². The number of rotatable bonds is 5. The molecule has 2 N–H and O–H groups in total. The van der Waals surface area contributed by atoms with Gasteiger partial charge >= 0.3 is 6.03 Å². The number of tetrazole rings is 1. The first-order valence-electron chi connectivity index (χ1n) is 11.8. The number of piperidine rings is 1. The first-order valence-corrected chi connectivity index (χ1v) is 11.8. The summed E-state index contributed by atoms with van der Waals surface area (Å²) in [5, 5.41) is 18.0. The summed E-state index contributed by atoms with van der Waals surface area (Å²) in [5.74, 6) is 0.411. The highest BCUT2D eigenvalue weighted by atomic mass is 16.2.